The normalized spacial score (nSPS) is 11.1. The lowest BCUT2D eigenvalue weighted by Crippen LogP contribution is -2.34. The summed E-state index contributed by atoms with van der Waals surface area (Å²) in [4.78, 5) is 38.4. The van der Waals surface area contributed by atoms with Gasteiger partial charge in [-0.15, -0.1) is 0 Å². The number of aryl methyl sites for hydroxylation is 3. The van der Waals surface area contributed by atoms with Gasteiger partial charge in [-0.2, -0.15) is 0 Å². The third kappa shape index (κ3) is 8.67. The maximum absolute atomic E-state index is 13.6. The number of pyridine rings is 1. The first-order valence-electron chi connectivity index (χ1n) is 16.7. The number of fused-ring (bicyclic) bond motifs is 1. The topological polar surface area (TPSA) is 78.5 Å². The molecule has 0 fully saturated rings. The number of amides is 2. The summed E-state index contributed by atoms with van der Waals surface area (Å²) in [5, 5.41) is 1.01. The summed E-state index contributed by atoms with van der Waals surface area (Å²) in [7, 11) is 0. The summed E-state index contributed by atoms with van der Waals surface area (Å²) in [5.74, 6) is 0.0253. The first kappa shape index (κ1) is 33.5. The van der Waals surface area contributed by atoms with Gasteiger partial charge in [-0.3, -0.25) is 9.78 Å². The highest BCUT2D eigenvalue weighted by molar-refractivity contribution is 6.00. The molecule has 5 aromatic rings. The molecule has 3 aromatic carbocycles. The smallest absolute Gasteiger partial charge is 0.410 e. The molecule has 244 valence electrons. The van der Waals surface area contributed by atoms with Crippen LogP contribution in [0, 0.1) is 13.8 Å². The molecule has 2 aromatic heterocycles. The Kier molecular flexibility index (Phi) is 11.4. The van der Waals surface area contributed by atoms with Crippen LogP contribution in [-0.2, 0) is 24.2 Å². The summed E-state index contributed by atoms with van der Waals surface area (Å²) in [6, 6.07) is 26.3. The fraction of sp³-hybridized carbons (Fsp3) is 0.325. The maximum atomic E-state index is 13.6. The molecule has 1 N–H and O–H groups in total. The average Bonchev–Trinajstić information content (AvgIpc) is 3.45. The second-order valence-corrected chi connectivity index (χ2v) is 12.2. The number of hydrogen-bond donors (Lipinski definition) is 1. The highest BCUT2D eigenvalue weighted by Crippen LogP contribution is 2.33. The van der Waals surface area contributed by atoms with Crippen molar-refractivity contribution in [2.24, 2.45) is 0 Å². The summed E-state index contributed by atoms with van der Waals surface area (Å²) in [6.45, 7) is 10.8. The summed E-state index contributed by atoms with van der Waals surface area (Å²) < 4.78 is 5.83. The Balaban J connectivity index is 1.43. The Labute approximate surface area is 278 Å². The van der Waals surface area contributed by atoms with E-state index in [1.54, 1.807) is 0 Å². The molecular formula is C40H46N4O3. The van der Waals surface area contributed by atoms with Crippen molar-refractivity contribution in [3.8, 4) is 11.3 Å². The monoisotopic (exact) mass is 630 g/mol. The molecule has 7 nitrogen and oxygen atoms in total. The van der Waals surface area contributed by atoms with E-state index in [2.05, 4.69) is 42.0 Å². The summed E-state index contributed by atoms with van der Waals surface area (Å²) in [6.07, 6.45) is 6.65. The number of H-pyrrole nitrogens is 1. The molecule has 0 aliphatic heterocycles. The van der Waals surface area contributed by atoms with Crippen LogP contribution in [0.3, 0.4) is 0 Å². The van der Waals surface area contributed by atoms with Gasteiger partial charge in [-0.25, -0.2) is 4.79 Å². The minimum Gasteiger partial charge on any atom is -0.445 e. The van der Waals surface area contributed by atoms with Crippen LogP contribution in [0.4, 0.5) is 4.79 Å². The minimum absolute atomic E-state index is 0.0253. The van der Waals surface area contributed by atoms with Gasteiger partial charge in [-0.05, 0) is 118 Å². The fourth-order valence-electron chi connectivity index (χ4n) is 6.23. The Morgan fingerprint density at radius 3 is 2.19 bits per heavy atom. The average molecular weight is 631 g/mol. The van der Waals surface area contributed by atoms with Crippen LogP contribution in [0.1, 0.15) is 64.9 Å². The van der Waals surface area contributed by atoms with E-state index in [-0.39, 0.29) is 18.6 Å². The van der Waals surface area contributed by atoms with Gasteiger partial charge in [0.1, 0.15) is 6.61 Å². The lowest BCUT2D eigenvalue weighted by atomic mass is 9.98. The highest BCUT2D eigenvalue weighted by atomic mass is 16.6. The van der Waals surface area contributed by atoms with Gasteiger partial charge in [0, 0.05) is 60.7 Å². The van der Waals surface area contributed by atoms with Gasteiger partial charge in [0.05, 0.1) is 0 Å². The van der Waals surface area contributed by atoms with E-state index in [0.717, 1.165) is 52.5 Å². The van der Waals surface area contributed by atoms with Gasteiger partial charge in [0.25, 0.3) is 5.91 Å². The number of benzene rings is 3. The molecule has 0 atom stereocenters. The van der Waals surface area contributed by atoms with Crippen LogP contribution in [0.25, 0.3) is 22.2 Å². The van der Waals surface area contributed by atoms with Crippen molar-refractivity contribution in [1.82, 2.24) is 19.8 Å². The molecule has 0 aliphatic rings. The zero-order valence-corrected chi connectivity index (χ0v) is 28.1. The lowest BCUT2D eigenvalue weighted by Gasteiger charge is -2.23. The number of hydrogen-bond acceptors (Lipinski definition) is 4. The number of carbonyl (C=O) groups is 2. The largest absolute Gasteiger partial charge is 0.445 e. The summed E-state index contributed by atoms with van der Waals surface area (Å²) >= 11 is 0. The van der Waals surface area contributed by atoms with Crippen molar-refractivity contribution in [3.05, 3.63) is 125 Å². The van der Waals surface area contributed by atoms with Gasteiger partial charge < -0.3 is 19.5 Å². The number of aromatic nitrogens is 2. The van der Waals surface area contributed by atoms with Crippen molar-refractivity contribution < 1.29 is 14.3 Å². The van der Waals surface area contributed by atoms with E-state index in [4.69, 9.17) is 4.74 Å². The number of ether oxygens (including phenoxy) is 1. The Morgan fingerprint density at radius 1 is 0.766 bits per heavy atom. The van der Waals surface area contributed by atoms with E-state index in [1.165, 1.54) is 16.7 Å². The molecule has 2 amide bonds. The van der Waals surface area contributed by atoms with Gasteiger partial charge in [0.15, 0.2) is 0 Å². The van der Waals surface area contributed by atoms with E-state index >= 15 is 0 Å². The fourth-order valence-corrected chi connectivity index (χ4v) is 6.23. The molecule has 0 bridgehead atoms. The molecule has 0 spiro atoms. The molecule has 5 rings (SSSR count). The van der Waals surface area contributed by atoms with Crippen molar-refractivity contribution >= 4 is 22.9 Å². The first-order chi connectivity index (χ1) is 22.9. The van der Waals surface area contributed by atoms with E-state index in [0.29, 0.717) is 38.2 Å². The van der Waals surface area contributed by atoms with Gasteiger partial charge in [0.2, 0.25) is 0 Å². The van der Waals surface area contributed by atoms with Crippen LogP contribution >= 0.6 is 0 Å². The molecule has 0 unspecified atom stereocenters. The quantitative estimate of drug-likeness (QED) is 0.125. The number of carbonyl (C=O) groups excluding carboxylic acids is 2. The lowest BCUT2D eigenvalue weighted by molar-refractivity contribution is 0.0773. The maximum Gasteiger partial charge on any atom is 0.410 e. The SMILES string of the molecule is CCN(CC)C(=O)c1ccc2[nH]c(-c3cc(C)cc(C)c3)c(CCN(CCCCc3ccncc3)C(=O)OCc3ccccc3)c2c1. The second kappa shape index (κ2) is 16.1. The van der Waals surface area contributed by atoms with E-state index < -0.39 is 0 Å². The molecule has 0 saturated carbocycles. The van der Waals surface area contributed by atoms with E-state index in [9.17, 15) is 9.59 Å². The standard InChI is InChI=1S/C40H46N4O3/c1-5-43(6-2)39(45)33-15-16-37-36(27-33)35(38(42-37)34-25-29(3)24-30(4)26-34)19-23-44(22-11-10-12-31-17-20-41-21-18-31)40(46)47-28-32-13-8-7-9-14-32/h7-9,13-18,20-21,24-27,42H,5-6,10-12,19,22-23,28H2,1-4H3. The van der Waals surface area contributed by atoms with Gasteiger partial charge >= 0.3 is 6.09 Å². The third-order valence-electron chi connectivity index (χ3n) is 8.70. The number of aromatic amines is 1. The van der Waals surface area contributed by atoms with Crippen molar-refractivity contribution in [1.29, 1.82) is 0 Å². The Bertz CT molecular complexity index is 1760. The number of nitrogens with one attached hydrogen (secondary N) is 1. The first-order valence-corrected chi connectivity index (χ1v) is 16.7. The Hall–Kier alpha value is -4.91. The molecule has 2 heterocycles. The van der Waals surface area contributed by atoms with Crippen molar-refractivity contribution in [2.45, 2.75) is 60.0 Å². The predicted molar refractivity (Wildman–Crippen MR) is 190 cm³/mol. The van der Waals surface area contributed by atoms with Crippen molar-refractivity contribution in [2.75, 3.05) is 26.2 Å². The molecule has 0 aliphatic carbocycles. The number of nitrogens with zero attached hydrogens (tertiary/aromatic N) is 3. The van der Waals surface area contributed by atoms with E-state index in [1.807, 2.05) is 96.7 Å². The second-order valence-electron chi connectivity index (χ2n) is 12.2. The minimum atomic E-state index is -0.317. The number of rotatable bonds is 14. The highest BCUT2D eigenvalue weighted by Gasteiger charge is 2.21. The zero-order chi connectivity index (χ0) is 33.2. The molecule has 0 saturated heterocycles. The molecule has 7 heteroatoms. The van der Waals surface area contributed by atoms with Gasteiger partial charge in [-0.1, -0.05) is 47.5 Å². The van der Waals surface area contributed by atoms with Crippen LogP contribution < -0.4 is 0 Å². The molecular weight excluding hydrogens is 584 g/mol. The zero-order valence-electron chi connectivity index (χ0n) is 28.1. The molecule has 0 radical (unpaired) electrons. The van der Waals surface area contributed by atoms with Crippen LogP contribution in [0.5, 0.6) is 0 Å². The van der Waals surface area contributed by atoms with Crippen LogP contribution in [-0.4, -0.2) is 57.9 Å². The molecule has 47 heavy (non-hydrogen) atoms. The summed E-state index contributed by atoms with van der Waals surface area (Å²) in [5.41, 5.74) is 9.42. The number of unbranched alkanes of at least 4 members (excludes halogenated alkanes) is 1. The predicted octanol–water partition coefficient (Wildman–Crippen LogP) is 8.53. The van der Waals surface area contributed by atoms with Crippen LogP contribution in [0.2, 0.25) is 0 Å². The Morgan fingerprint density at radius 2 is 1.49 bits per heavy atom. The van der Waals surface area contributed by atoms with Crippen LogP contribution in [0.15, 0.2) is 91.3 Å². The third-order valence-corrected chi connectivity index (χ3v) is 8.70. The van der Waals surface area contributed by atoms with Crippen molar-refractivity contribution in [3.63, 3.8) is 0 Å².